The second-order valence-corrected chi connectivity index (χ2v) is 6.04. The summed E-state index contributed by atoms with van der Waals surface area (Å²) in [4.78, 5) is 28.1. The number of halogens is 1. The molecule has 2 amide bonds. The number of imide groups is 1. The number of rotatable bonds is 5. The molecule has 0 saturated carbocycles. The van der Waals surface area contributed by atoms with Crippen LogP contribution in [0.3, 0.4) is 0 Å². The molecule has 0 unspecified atom stereocenters. The van der Waals surface area contributed by atoms with Gasteiger partial charge in [-0.2, -0.15) is 0 Å². The second-order valence-electron chi connectivity index (χ2n) is 4.61. The van der Waals surface area contributed by atoms with Crippen LogP contribution in [0.5, 0.6) is 0 Å². The molecule has 4 nitrogen and oxygen atoms in total. The van der Waals surface area contributed by atoms with E-state index in [2.05, 4.69) is 0 Å². The van der Waals surface area contributed by atoms with Crippen LogP contribution in [0.25, 0.3) is 6.08 Å². The van der Waals surface area contributed by atoms with Gasteiger partial charge in [-0.15, -0.1) is 0 Å². The molecule has 1 heterocycles. The van der Waals surface area contributed by atoms with E-state index in [4.69, 9.17) is 11.6 Å². The molecular formula is C15H17ClN2O2S. The maximum Gasteiger partial charge on any atom is 0.294 e. The summed E-state index contributed by atoms with van der Waals surface area (Å²) in [5.74, 6) is -0.230. The smallest absolute Gasteiger partial charge is 0.286 e. The van der Waals surface area contributed by atoms with Gasteiger partial charge in [0.15, 0.2) is 0 Å². The van der Waals surface area contributed by atoms with Crippen molar-refractivity contribution in [2.75, 3.05) is 19.8 Å². The highest BCUT2D eigenvalue weighted by molar-refractivity contribution is 8.18. The van der Waals surface area contributed by atoms with Gasteiger partial charge < -0.3 is 0 Å². The molecule has 1 aliphatic rings. The van der Waals surface area contributed by atoms with Crippen LogP contribution in [0.1, 0.15) is 19.4 Å². The van der Waals surface area contributed by atoms with Gasteiger partial charge in [0.1, 0.15) is 0 Å². The highest BCUT2D eigenvalue weighted by atomic mass is 35.5. The number of carbonyl (C=O) groups is 2. The first-order valence-corrected chi connectivity index (χ1v) is 7.97. The number of thioether (sulfide) groups is 1. The maximum atomic E-state index is 12.3. The Hall–Kier alpha value is -1.30. The molecule has 1 saturated heterocycles. The number of amides is 2. The van der Waals surface area contributed by atoms with Crippen molar-refractivity contribution in [2.45, 2.75) is 13.8 Å². The summed E-state index contributed by atoms with van der Waals surface area (Å²) in [7, 11) is 0. The molecule has 6 heteroatoms. The molecule has 1 aromatic carbocycles. The third-order valence-electron chi connectivity index (χ3n) is 3.28. The molecule has 0 radical (unpaired) electrons. The van der Waals surface area contributed by atoms with Gasteiger partial charge in [-0.25, -0.2) is 0 Å². The predicted octanol–water partition coefficient (Wildman–Crippen LogP) is 3.68. The van der Waals surface area contributed by atoms with Crippen molar-refractivity contribution in [1.29, 1.82) is 0 Å². The Balaban J connectivity index is 2.15. The number of hydrogen-bond acceptors (Lipinski definition) is 4. The van der Waals surface area contributed by atoms with Gasteiger partial charge in [0, 0.05) is 5.02 Å². The van der Waals surface area contributed by atoms with Crippen molar-refractivity contribution < 1.29 is 9.59 Å². The molecule has 0 bridgehead atoms. The summed E-state index contributed by atoms with van der Waals surface area (Å²) in [6.45, 7) is 5.96. The third-order valence-corrected chi connectivity index (χ3v) is 4.44. The van der Waals surface area contributed by atoms with Crippen LogP contribution < -0.4 is 0 Å². The average Bonchev–Trinajstić information content (AvgIpc) is 2.74. The molecule has 1 aliphatic heterocycles. The summed E-state index contributed by atoms with van der Waals surface area (Å²) in [5, 5.41) is 0.425. The van der Waals surface area contributed by atoms with Crippen LogP contribution in [0.4, 0.5) is 4.79 Å². The molecule has 0 atom stereocenters. The van der Waals surface area contributed by atoms with Gasteiger partial charge in [0.2, 0.25) is 0 Å². The molecule has 0 aliphatic carbocycles. The molecule has 1 fully saturated rings. The van der Waals surface area contributed by atoms with Crippen LogP contribution >= 0.6 is 23.4 Å². The Bertz CT molecular complexity index is 568. The monoisotopic (exact) mass is 324 g/mol. The Morgan fingerprint density at radius 2 is 1.81 bits per heavy atom. The lowest BCUT2D eigenvalue weighted by atomic mass is 10.2. The van der Waals surface area contributed by atoms with Crippen LogP contribution in [0, 0.1) is 0 Å². The molecule has 0 N–H and O–H groups in total. The van der Waals surface area contributed by atoms with E-state index in [1.807, 2.05) is 30.9 Å². The van der Waals surface area contributed by atoms with Gasteiger partial charge in [-0.05, 0) is 48.6 Å². The highest BCUT2D eigenvalue weighted by Crippen LogP contribution is 2.32. The van der Waals surface area contributed by atoms with Crippen molar-refractivity contribution >= 4 is 40.6 Å². The minimum absolute atomic E-state index is 0.216. The van der Waals surface area contributed by atoms with Crippen molar-refractivity contribution in [2.24, 2.45) is 0 Å². The van der Waals surface area contributed by atoms with E-state index in [1.165, 1.54) is 4.90 Å². The minimum atomic E-state index is -0.230. The second kappa shape index (κ2) is 7.11. The van der Waals surface area contributed by atoms with E-state index < -0.39 is 0 Å². The zero-order valence-corrected chi connectivity index (χ0v) is 13.6. The number of hydrogen-bond donors (Lipinski definition) is 0. The SMILES string of the molecule is CCN(CC)CN1C(=O)S/C(=C\c2ccc(Cl)cc2)C1=O. The van der Waals surface area contributed by atoms with Crippen molar-refractivity contribution in [3.8, 4) is 0 Å². The fraction of sp³-hybridized carbons (Fsp3) is 0.333. The molecule has 2 rings (SSSR count). The van der Waals surface area contributed by atoms with Gasteiger partial charge in [0.25, 0.3) is 11.1 Å². The maximum absolute atomic E-state index is 12.3. The zero-order valence-electron chi connectivity index (χ0n) is 12.0. The van der Waals surface area contributed by atoms with E-state index in [1.54, 1.807) is 18.2 Å². The van der Waals surface area contributed by atoms with Crippen molar-refractivity contribution in [3.63, 3.8) is 0 Å². The Morgan fingerprint density at radius 1 is 1.19 bits per heavy atom. The average molecular weight is 325 g/mol. The lowest BCUT2D eigenvalue weighted by Crippen LogP contribution is -2.40. The molecule has 112 valence electrons. The van der Waals surface area contributed by atoms with E-state index >= 15 is 0 Å². The summed E-state index contributed by atoms with van der Waals surface area (Å²) in [6.07, 6.45) is 1.73. The topological polar surface area (TPSA) is 40.6 Å². The van der Waals surface area contributed by atoms with Crippen LogP contribution in [-0.2, 0) is 4.79 Å². The number of benzene rings is 1. The Kier molecular flexibility index (Phi) is 5.45. The number of nitrogens with zero attached hydrogens (tertiary/aromatic N) is 2. The summed E-state index contributed by atoms with van der Waals surface area (Å²) in [5.41, 5.74) is 0.854. The van der Waals surface area contributed by atoms with Gasteiger partial charge in [-0.1, -0.05) is 37.6 Å². The Labute approximate surface area is 133 Å². The first-order valence-electron chi connectivity index (χ1n) is 6.78. The minimum Gasteiger partial charge on any atom is -0.286 e. The first kappa shape index (κ1) is 16.1. The van der Waals surface area contributed by atoms with Crippen LogP contribution in [-0.4, -0.2) is 40.7 Å². The largest absolute Gasteiger partial charge is 0.294 e. The standard InChI is InChI=1S/C15H17ClN2O2S/c1-3-17(4-2)10-18-14(19)13(21-15(18)20)9-11-5-7-12(16)8-6-11/h5-9H,3-4,10H2,1-2H3/b13-9-. The van der Waals surface area contributed by atoms with E-state index in [-0.39, 0.29) is 11.1 Å². The van der Waals surface area contributed by atoms with Gasteiger partial charge >= 0.3 is 0 Å². The predicted molar refractivity (Wildman–Crippen MR) is 87.1 cm³/mol. The summed E-state index contributed by atoms with van der Waals surface area (Å²) >= 11 is 6.81. The first-order chi connectivity index (χ1) is 10.0. The van der Waals surface area contributed by atoms with Gasteiger partial charge in [-0.3, -0.25) is 19.4 Å². The highest BCUT2D eigenvalue weighted by Gasteiger charge is 2.35. The molecule has 0 aromatic heterocycles. The summed E-state index contributed by atoms with van der Waals surface area (Å²) in [6, 6.07) is 7.16. The van der Waals surface area contributed by atoms with E-state index in [0.29, 0.717) is 16.6 Å². The van der Waals surface area contributed by atoms with E-state index in [0.717, 1.165) is 30.4 Å². The zero-order chi connectivity index (χ0) is 15.4. The number of carbonyl (C=O) groups excluding carboxylic acids is 2. The quantitative estimate of drug-likeness (QED) is 0.775. The Morgan fingerprint density at radius 3 is 2.38 bits per heavy atom. The molecular weight excluding hydrogens is 308 g/mol. The van der Waals surface area contributed by atoms with Gasteiger partial charge in [0.05, 0.1) is 11.6 Å². The van der Waals surface area contributed by atoms with Crippen molar-refractivity contribution in [3.05, 3.63) is 39.8 Å². The molecule has 21 heavy (non-hydrogen) atoms. The van der Waals surface area contributed by atoms with E-state index in [9.17, 15) is 9.59 Å². The normalized spacial score (nSPS) is 17.3. The third kappa shape index (κ3) is 3.87. The molecule has 0 spiro atoms. The lowest BCUT2D eigenvalue weighted by molar-refractivity contribution is -0.124. The van der Waals surface area contributed by atoms with Crippen LogP contribution in [0.2, 0.25) is 5.02 Å². The fourth-order valence-electron chi connectivity index (χ4n) is 1.96. The van der Waals surface area contributed by atoms with Crippen molar-refractivity contribution in [1.82, 2.24) is 9.80 Å². The summed E-state index contributed by atoms with van der Waals surface area (Å²) < 4.78 is 0. The van der Waals surface area contributed by atoms with Crippen LogP contribution in [0.15, 0.2) is 29.2 Å². The molecule has 1 aromatic rings. The lowest BCUT2D eigenvalue weighted by Gasteiger charge is -2.23. The fourth-order valence-corrected chi connectivity index (χ4v) is 2.91.